The zero-order valence-corrected chi connectivity index (χ0v) is 17.7. The lowest BCUT2D eigenvalue weighted by atomic mass is 9.94. The van der Waals surface area contributed by atoms with Crippen LogP contribution in [0.4, 0.5) is 0 Å². The molecule has 0 amide bonds. The zero-order valence-electron chi connectivity index (χ0n) is 16.9. The van der Waals surface area contributed by atoms with E-state index in [0.29, 0.717) is 13.0 Å². The number of aliphatic hydroxyl groups excluding tert-OH is 3. The molecule has 4 N–H and O–H groups in total. The number of rotatable bonds is 9. The Hall–Kier alpha value is -1.89. The number of halogens is 1. The molecule has 0 aromatic heterocycles. The second kappa shape index (κ2) is 10.2. The van der Waals surface area contributed by atoms with Crippen LogP contribution in [0.2, 0.25) is 0 Å². The summed E-state index contributed by atoms with van der Waals surface area (Å²) >= 11 is 0. The summed E-state index contributed by atoms with van der Waals surface area (Å²) in [6, 6.07) is 16.1. The molecule has 3 aromatic rings. The Morgan fingerprint density at radius 3 is 1.86 bits per heavy atom. The van der Waals surface area contributed by atoms with Crippen LogP contribution in [0, 0.1) is 0 Å². The van der Waals surface area contributed by atoms with Crippen molar-refractivity contribution in [2.24, 2.45) is 0 Å². The van der Waals surface area contributed by atoms with E-state index >= 15 is 0 Å². The van der Waals surface area contributed by atoms with Crippen LogP contribution in [0.5, 0.6) is 5.75 Å². The quantitative estimate of drug-likeness (QED) is 0.400. The highest BCUT2D eigenvalue weighted by Gasteiger charge is 2.23. The van der Waals surface area contributed by atoms with Gasteiger partial charge in [0.25, 0.3) is 0 Å². The maximum atomic E-state index is 9.96. The molecule has 6 heteroatoms. The highest BCUT2D eigenvalue weighted by atomic mass is 35.5. The van der Waals surface area contributed by atoms with Gasteiger partial charge in [-0.1, -0.05) is 55.5 Å². The molecular formula is C23H30ClNO4. The third-order valence-corrected chi connectivity index (χ3v) is 5.27. The molecule has 0 aliphatic heterocycles. The number of fused-ring (bicyclic) bond motifs is 2. The summed E-state index contributed by atoms with van der Waals surface area (Å²) in [4.78, 5) is 0. The van der Waals surface area contributed by atoms with Crippen molar-refractivity contribution in [2.75, 3.05) is 19.8 Å². The lowest BCUT2D eigenvalue weighted by molar-refractivity contribution is 0.103. The predicted octanol–water partition coefficient (Wildman–Crippen LogP) is 3.40. The van der Waals surface area contributed by atoms with Crippen molar-refractivity contribution in [3.05, 3.63) is 54.1 Å². The number of aliphatic hydroxyl groups is 3. The van der Waals surface area contributed by atoms with Crippen molar-refractivity contribution in [1.29, 1.82) is 0 Å². The Morgan fingerprint density at radius 1 is 0.931 bits per heavy atom. The Morgan fingerprint density at radius 2 is 1.41 bits per heavy atom. The van der Waals surface area contributed by atoms with Crippen LogP contribution < -0.4 is 10.1 Å². The fourth-order valence-electron chi connectivity index (χ4n) is 3.29. The van der Waals surface area contributed by atoms with Crippen LogP contribution >= 0.6 is 12.4 Å². The standard InChI is InChI=1S/C23H29NO4.ClH/c1-3-16(27)13-28-22-19-10-6-4-8-17(19)21(12-24-23(2,14-25)15-26)18-9-5-7-11-20(18)22;/h4-11,16,24-27H,3,12-15H2,1-2H3;1H. The first kappa shape index (κ1) is 23.4. The van der Waals surface area contributed by atoms with Crippen LogP contribution in [-0.4, -0.2) is 46.8 Å². The molecule has 158 valence electrons. The van der Waals surface area contributed by atoms with Crippen molar-refractivity contribution in [3.8, 4) is 5.75 Å². The highest BCUT2D eigenvalue weighted by Crippen LogP contribution is 2.38. The molecule has 0 heterocycles. The van der Waals surface area contributed by atoms with E-state index in [-0.39, 0.29) is 32.2 Å². The molecule has 0 bridgehead atoms. The van der Waals surface area contributed by atoms with E-state index < -0.39 is 11.6 Å². The SMILES string of the molecule is CCC(O)COc1c2ccccc2c(CNC(C)(CO)CO)c2ccccc12.Cl. The van der Waals surface area contributed by atoms with Gasteiger partial charge >= 0.3 is 0 Å². The van der Waals surface area contributed by atoms with Gasteiger partial charge in [0, 0.05) is 17.3 Å². The zero-order chi connectivity index (χ0) is 20.1. The van der Waals surface area contributed by atoms with E-state index in [1.54, 1.807) is 6.92 Å². The molecule has 0 saturated heterocycles. The summed E-state index contributed by atoms with van der Waals surface area (Å²) in [7, 11) is 0. The number of hydrogen-bond acceptors (Lipinski definition) is 5. The molecule has 3 aromatic carbocycles. The second-order valence-corrected chi connectivity index (χ2v) is 7.50. The van der Waals surface area contributed by atoms with Gasteiger partial charge in [-0.05, 0) is 29.7 Å². The van der Waals surface area contributed by atoms with Crippen molar-refractivity contribution in [1.82, 2.24) is 5.32 Å². The molecule has 1 unspecified atom stereocenters. The summed E-state index contributed by atoms with van der Waals surface area (Å²) in [6.07, 6.45) is 0.132. The lowest BCUT2D eigenvalue weighted by Gasteiger charge is -2.27. The van der Waals surface area contributed by atoms with E-state index in [2.05, 4.69) is 17.4 Å². The lowest BCUT2D eigenvalue weighted by Crippen LogP contribution is -2.48. The van der Waals surface area contributed by atoms with Gasteiger partial charge in [0.1, 0.15) is 12.4 Å². The Balaban J connectivity index is 0.00000300. The van der Waals surface area contributed by atoms with E-state index in [9.17, 15) is 15.3 Å². The van der Waals surface area contributed by atoms with Gasteiger partial charge < -0.3 is 25.4 Å². The third-order valence-electron chi connectivity index (χ3n) is 5.27. The van der Waals surface area contributed by atoms with Gasteiger partial charge in [0.2, 0.25) is 0 Å². The van der Waals surface area contributed by atoms with Gasteiger partial charge in [-0.15, -0.1) is 12.4 Å². The van der Waals surface area contributed by atoms with Gasteiger partial charge in [-0.25, -0.2) is 0 Å². The minimum absolute atomic E-state index is 0. The summed E-state index contributed by atoms with van der Waals surface area (Å²) in [6.45, 7) is 4.15. The van der Waals surface area contributed by atoms with Crippen molar-refractivity contribution in [2.45, 2.75) is 38.5 Å². The van der Waals surface area contributed by atoms with Gasteiger partial charge in [0.05, 0.1) is 24.9 Å². The molecule has 29 heavy (non-hydrogen) atoms. The summed E-state index contributed by atoms with van der Waals surface area (Å²) in [5.41, 5.74) is 0.325. The number of nitrogens with one attached hydrogen (secondary N) is 1. The molecule has 0 fully saturated rings. The highest BCUT2D eigenvalue weighted by molar-refractivity contribution is 6.08. The third kappa shape index (κ3) is 5.00. The molecule has 0 aliphatic carbocycles. The van der Waals surface area contributed by atoms with E-state index in [1.165, 1.54) is 0 Å². The van der Waals surface area contributed by atoms with Gasteiger partial charge in [-0.3, -0.25) is 0 Å². The fourth-order valence-corrected chi connectivity index (χ4v) is 3.29. The van der Waals surface area contributed by atoms with Crippen LogP contribution in [0.3, 0.4) is 0 Å². The van der Waals surface area contributed by atoms with Crippen LogP contribution in [0.15, 0.2) is 48.5 Å². The fraction of sp³-hybridized carbons (Fsp3) is 0.391. The average molecular weight is 420 g/mol. The Labute approximate surface area is 177 Å². The number of ether oxygens (including phenoxy) is 1. The first-order chi connectivity index (χ1) is 13.5. The normalized spacial score (nSPS) is 12.7. The second-order valence-electron chi connectivity index (χ2n) is 7.50. The topological polar surface area (TPSA) is 82.0 Å². The molecular weight excluding hydrogens is 390 g/mol. The van der Waals surface area contributed by atoms with E-state index in [0.717, 1.165) is 32.9 Å². The van der Waals surface area contributed by atoms with E-state index in [1.807, 2.05) is 43.3 Å². The molecule has 1 atom stereocenters. The van der Waals surface area contributed by atoms with Crippen molar-refractivity contribution in [3.63, 3.8) is 0 Å². The molecule has 3 rings (SSSR count). The molecule has 0 saturated carbocycles. The molecule has 5 nitrogen and oxygen atoms in total. The summed E-state index contributed by atoms with van der Waals surface area (Å²) < 4.78 is 6.08. The van der Waals surface area contributed by atoms with Crippen molar-refractivity contribution < 1.29 is 20.1 Å². The number of hydrogen-bond donors (Lipinski definition) is 4. The van der Waals surface area contributed by atoms with Crippen LogP contribution in [0.25, 0.3) is 21.5 Å². The van der Waals surface area contributed by atoms with Crippen molar-refractivity contribution >= 4 is 34.0 Å². The molecule has 0 aliphatic rings. The van der Waals surface area contributed by atoms with E-state index in [4.69, 9.17) is 4.74 Å². The van der Waals surface area contributed by atoms with Crippen LogP contribution in [0.1, 0.15) is 25.8 Å². The minimum Gasteiger partial charge on any atom is -0.490 e. The largest absolute Gasteiger partial charge is 0.490 e. The number of benzene rings is 3. The first-order valence-electron chi connectivity index (χ1n) is 9.73. The minimum atomic E-state index is -0.761. The predicted molar refractivity (Wildman–Crippen MR) is 120 cm³/mol. The molecule has 0 radical (unpaired) electrons. The monoisotopic (exact) mass is 419 g/mol. The summed E-state index contributed by atoms with van der Waals surface area (Å²) in [5, 5.41) is 36.5. The molecule has 0 spiro atoms. The maximum Gasteiger partial charge on any atom is 0.135 e. The van der Waals surface area contributed by atoms with Crippen LogP contribution in [-0.2, 0) is 6.54 Å². The van der Waals surface area contributed by atoms with Gasteiger partial charge in [-0.2, -0.15) is 0 Å². The Bertz CT molecular complexity index is 886. The Kier molecular flexibility index (Phi) is 8.25. The first-order valence-corrected chi connectivity index (χ1v) is 9.73. The van der Waals surface area contributed by atoms with Gasteiger partial charge in [0.15, 0.2) is 0 Å². The smallest absolute Gasteiger partial charge is 0.135 e. The maximum absolute atomic E-state index is 9.96. The summed E-state index contributed by atoms with van der Waals surface area (Å²) in [5.74, 6) is 0.773. The average Bonchev–Trinajstić information content (AvgIpc) is 2.75.